The van der Waals surface area contributed by atoms with Crippen LogP contribution in [0.2, 0.25) is 5.02 Å². The van der Waals surface area contributed by atoms with Crippen LogP contribution < -0.4 is 0 Å². The molecule has 0 aliphatic rings. The van der Waals surface area contributed by atoms with E-state index in [-0.39, 0.29) is 0 Å². The van der Waals surface area contributed by atoms with E-state index in [1.807, 2.05) is 18.3 Å². The molecule has 2 heterocycles. The van der Waals surface area contributed by atoms with E-state index >= 15 is 0 Å². The molecule has 2 aromatic heterocycles. The number of hydrogen-bond acceptors (Lipinski definition) is 4. The van der Waals surface area contributed by atoms with Crippen LogP contribution in [0.25, 0.3) is 11.5 Å². The van der Waals surface area contributed by atoms with Crippen molar-refractivity contribution in [1.82, 2.24) is 20.0 Å². The van der Waals surface area contributed by atoms with Gasteiger partial charge in [0.2, 0.25) is 5.89 Å². The van der Waals surface area contributed by atoms with Gasteiger partial charge in [0.15, 0.2) is 0 Å². The van der Waals surface area contributed by atoms with Gasteiger partial charge in [0, 0.05) is 22.1 Å². The molecule has 7 heteroatoms. The standard InChI is InChI=1S/C13H10BrClN4O/c14-5-11-6-19(18-17-11)7-12-8-20-13(16-12)9-1-3-10(15)4-2-9/h1-4,6,8H,5,7H2. The number of hydrogen-bond donors (Lipinski definition) is 0. The van der Waals surface area contributed by atoms with Gasteiger partial charge in [0.05, 0.1) is 12.2 Å². The van der Waals surface area contributed by atoms with Crippen LogP contribution in [0.4, 0.5) is 0 Å². The van der Waals surface area contributed by atoms with Gasteiger partial charge in [-0.15, -0.1) is 5.10 Å². The van der Waals surface area contributed by atoms with E-state index in [0.29, 0.717) is 22.8 Å². The Kier molecular flexibility index (Phi) is 3.84. The number of halogens is 2. The van der Waals surface area contributed by atoms with Crippen LogP contribution in [-0.4, -0.2) is 20.0 Å². The van der Waals surface area contributed by atoms with Gasteiger partial charge in [-0.3, -0.25) is 0 Å². The second-order valence-electron chi connectivity index (χ2n) is 4.19. The molecule has 1 aromatic carbocycles. The summed E-state index contributed by atoms with van der Waals surface area (Å²) in [6.45, 7) is 0.525. The Bertz CT molecular complexity index is 707. The third-order valence-corrected chi connectivity index (χ3v) is 3.52. The van der Waals surface area contributed by atoms with Crippen LogP contribution in [0, 0.1) is 0 Å². The molecule has 0 unspecified atom stereocenters. The molecule has 0 aliphatic heterocycles. The number of rotatable bonds is 4. The Morgan fingerprint density at radius 2 is 2.00 bits per heavy atom. The van der Waals surface area contributed by atoms with Crippen LogP contribution in [0.5, 0.6) is 0 Å². The molecule has 0 radical (unpaired) electrons. The van der Waals surface area contributed by atoms with E-state index < -0.39 is 0 Å². The van der Waals surface area contributed by atoms with E-state index in [2.05, 4.69) is 31.2 Å². The maximum Gasteiger partial charge on any atom is 0.226 e. The molecule has 0 spiro atoms. The highest BCUT2D eigenvalue weighted by Crippen LogP contribution is 2.21. The summed E-state index contributed by atoms with van der Waals surface area (Å²) in [7, 11) is 0. The van der Waals surface area contributed by atoms with Gasteiger partial charge in [-0.2, -0.15) is 0 Å². The minimum absolute atomic E-state index is 0.525. The van der Waals surface area contributed by atoms with Crippen molar-refractivity contribution in [2.24, 2.45) is 0 Å². The molecule has 0 aliphatic carbocycles. The highest BCUT2D eigenvalue weighted by atomic mass is 79.9. The van der Waals surface area contributed by atoms with Gasteiger partial charge in [0.25, 0.3) is 0 Å². The van der Waals surface area contributed by atoms with Crippen molar-refractivity contribution in [2.75, 3.05) is 0 Å². The lowest BCUT2D eigenvalue weighted by molar-refractivity contribution is 0.568. The minimum atomic E-state index is 0.525. The monoisotopic (exact) mass is 352 g/mol. The molecule has 5 nitrogen and oxygen atoms in total. The summed E-state index contributed by atoms with van der Waals surface area (Å²) in [6.07, 6.45) is 3.49. The first kappa shape index (κ1) is 13.3. The zero-order chi connectivity index (χ0) is 13.9. The summed E-state index contributed by atoms with van der Waals surface area (Å²) in [5.74, 6) is 0.567. The van der Waals surface area contributed by atoms with Crippen molar-refractivity contribution in [1.29, 1.82) is 0 Å². The average molecular weight is 354 g/mol. The van der Waals surface area contributed by atoms with E-state index in [1.165, 1.54) is 0 Å². The highest BCUT2D eigenvalue weighted by Gasteiger charge is 2.08. The zero-order valence-electron chi connectivity index (χ0n) is 10.3. The predicted octanol–water partition coefficient (Wildman–Crippen LogP) is 3.53. The Balaban J connectivity index is 1.78. The van der Waals surface area contributed by atoms with Crippen LogP contribution in [0.15, 0.2) is 41.1 Å². The van der Waals surface area contributed by atoms with Gasteiger partial charge < -0.3 is 4.42 Å². The maximum absolute atomic E-state index is 5.85. The number of alkyl halides is 1. The van der Waals surface area contributed by atoms with Gasteiger partial charge >= 0.3 is 0 Å². The SMILES string of the molecule is Clc1ccc(-c2nc(Cn3cc(CBr)nn3)co2)cc1. The normalized spacial score (nSPS) is 10.9. The van der Waals surface area contributed by atoms with Crippen LogP contribution >= 0.6 is 27.5 Å². The van der Waals surface area contributed by atoms with Crippen molar-refractivity contribution < 1.29 is 4.42 Å². The molecular formula is C13H10BrClN4O. The van der Waals surface area contributed by atoms with E-state index in [4.69, 9.17) is 16.0 Å². The van der Waals surface area contributed by atoms with Crippen molar-refractivity contribution in [3.8, 4) is 11.5 Å². The Morgan fingerprint density at radius 3 is 2.70 bits per heavy atom. The number of nitrogens with zero attached hydrogens (tertiary/aromatic N) is 4. The van der Waals surface area contributed by atoms with E-state index in [9.17, 15) is 0 Å². The fraction of sp³-hybridized carbons (Fsp3) is 0.154. The summed E-state index contributed by atoms with van der Waals surface area (Å²) >= 11 is 9.19. The molecule has 0 amide bonds. The lowest BCUT2D eigenvalue weighted by Crippen LogP contribution is -2.00. The van der Waals surface area contributed by atoms with Crippen LogP contribution in [0.3, 0.4) is 0 Å². The number of oxazole rings is 1. The first-order chi connectivity index (χ1) is 9.74. The average Bonchev–Trinajstić information content (AvgIpc) is 3.09. The van der Waals surface area contributed by atoms with Crippen molar-refractivity contribution >= 4 is 27.5 Å². The molecular weight excluding hydrogens is 344 g/mol. The first-order valence-corrected chi connectivity index (χ1v) is 7.40. The molecule has 3 aromatic rings. The lowest BCUT2D eigenvalue weighted by atomic mass is 10.2. The largest absolute Gasteiger partial charge is 0.444 e. The van der Waals surface area contributed by atoms with E-state index in [0.717, 1.165) is 17.0 Å². The molecule has 0 N–H and O–H groups in total. The molecule has 3 rings (SSSR count). The van der Waals surface area contributed by atoms with Crippen molar-refractivity contribution in [3.63, 3.8) is 0 Å². The quantitative estimate of drug-likeness (QED) is 0.673. The maximum atomic E-state index is 5.85. The van der Waals surface area contributed by atoms with Gasteiger partial charge in [-0.25, -0.2) is 9.67 Å². The Labute approximate surface area is 128 Å². The molecule has 0 saturated carbocycles. The Morgan fingerprint density at radius 1 is 1.20 bits per heavy atom. The van der Waals surface area contributed by atoms with Gasteiger partial charge in [-0.1, -0.05) is 32.7 Å². The summed E-state index contributed by atoms with van der Waals surface area (Å²) in [6, 6.07) is 7.35. The van der Waals surface area contributed by atoms with E-state index in [1.54, 1.807) is 23.1 Å². The molecule has 0 bridgehead atoms. The summed E-state index contributed by atoms with van der Waals surface area (Å²) < 4.78 is 7.19. The lowest BCUT2D eigenvalue weighted by Gasteiger charge is -1.95. The minimum Gasteiger partial charge on any atom is -0.444 e. The third kappa shape index (κ3) is 2.91. The number of aromatic nitrogens is 4. The molecule has 102 valence electrons. The zero-order valence-corrected chi connectivity index (χ0v) is 12.7. The second-order valence-corrected chi connectivity index (χ2v) is 5.19. The summed E-state index contributed by atoms with van der Waals surface area (Å²) in [5, 5.41) is 9.38. The summed E-state index contributed by atoms with van der Waals surface area (Å²) in [4.78, 5) is 4.43. The van der Waals surface area contributed by atoms with Crippen LogP contribution in [-0.2, 0) is 11.9 Å². The topological polar surface area (TPSA) is 56.7 Å². The molecule has 0 fully saturated rings. The first-order valence-electron chi connectivity index (χ1n) is 5.90. The highest BCUT2D eigenvalue weighted by molar-refractivity contribution is 9.08. The van der Waals surface area contributed by atoms with Gasteiger partial charge in [0.1, 0.15) is 12.0 Å². The van der Waals surface area contributed by atoms with Crippen LogP contribution in [0.1, 0.15) is 11.4 Å². The third-order valence-electron chi connectivity index (χ3n) is 2.69. The fourth-order valence-corrected chi connectivity index (χ4v) is 2.13. The second kappa shape index (κ2) is 5.76. The number of benzene rings is 1. The predicted molar refractivity (Wildman–Crippen MR) is 78.7 cm³/mol. The molecule has 0 saturated heterocycles. The Hall–Kier alpha value is -1.66. The molecule has 0 atom stereocenters. The fourth-order valence-electron chi connectivity index (χ4n) is 1.75. The smallest absolute Gasteiger partial charge is 0.226 e. The van der Waals surface area contributed by atoms with Gasteiger partial charge in [-0.05, 0) is 24.3 Å². The summed E-state index contributed by atoms with van der Waals surface area (Å²) in [5.41, 5.74) is 2.56. The van der Waals surface area contributed by atoms with Crippen molar-refractivity contribution in [3.05, 3.63) is 53.1 Å². The van der Waals surface area contributed by atoms with Crippen molar-refractivity contribution in [2.45, 2.75) is 11.9 Å². The molecule has 20 heavy (non-hydrogen) atoms.